The zero-order valence-electron chi connectivity index (χ0n) is 15.9. The molecule has 134 valence electrons. The van der Waals surface area contributed by atoms with E-state index in [0.717, 1.165) is 25.7 Å². The minimum absolute atomic E-state index is 0.194. The smallest absolute Gasteiger partial charge is 0.00799 e. The molecule has 0 amide bonds. The first kappa shape index (κ1) is 22.4. The van der Waals surface area contributed by atoms with Gasteiger partial charge in [-0.05, 0) is 36.8 Å². The van der Waals surface area contributed by atoms with Gasteiger partial charge in [-0.15, -0.1) is 0 Å². The average Bonchev–Trinajstić information content (AvgIpc) is 2.65. The van der Waals surface area contributed by atoms with Crippen LogP contribution >= 0.6 is 0 Å². The lowest BCUT2D eigenvalue weighted by molar-refractivity contribution is 0.514. The molecule has 4 N–H and O–H groups in total. The summed E-state index contributed by atoms with van der Waals surface area (Å²) in [6.07, 6.45) is 3.81. The first-order chi connectivity index (χ1) is 11.7. The van der Waals surface area contributed by atoms with Gasteiger partial charge in [0.15, 0.2) is 0 Å². The second-order valence-corrected chi connectivity index (χ2v) is 5.48. The Morgan fingerprint density at radius 2 is 0.875 bits per heavy atom. The maximum absolute atomic E-state index is 6.19. The van der Waals surface area contributed by atoms with Gasteiger partial charge in [-0.25, -0.2) is 0 Å². The maximum atomic E-state index is 6.19. The third-order valence-corrected chi connectivity index (χ3v) is 3.59. The first-order valence-electron chi connectivity index (χ1n) is 9.33. The van der Waals surface area contributed by atoms with Gasteiger partial charge in [0.1, 0.15) is 0 Å². The van der Waals surface area contributed by atoms with Crippen LogP contribution in [0.2, 0.25) is 0 Å². The lowest BCUT2D eigenvalue weighted by atomic mass is 9.97. The molecule has 2 unspecified atom stereocenters. The van der Waals surface area contributed by atoms with Crippen molar-refractivity contribution in [2.24, 2.45) is 11.5 Å². The third-order valence-electron chi connectivity index (χ3n) is 3.59. The second-order valence-electron chi connectivity index (χ2n) is 5.48. The SMILES string of the molecule is CC.CC.NC(CCC(N)Cc1ccccc1)Cc1ccccc1. The molecule has 2 aromatic carbocycles. The molecule has 2 rings (SSSR count). The van der Waals surface area contributed by atoms with E-state index in [1.54, 1.807) is 0 Å². The molecule has 0 aliphatic rings. The highest BCUT2D eigenvalue weighted by atomic mass is 14.7. The van der Waals surface area contributed by atoms with E-state index in [-0.39, 0.29) is 12.1 Å². The highest BCUT2D eigenvalue weighted by Gasteiger charge is 2.08. The molecule has 0 heterocycles. The van der Waals surface area contributed by atoms with E-state index in [4.69, 9.17) is 11.5 Å². The molecule has 0 bridgehead atoms. The molecule has 2 heteroatoms. The second kappa shape index (κ2) is 14.9. The number of rotatable bonds is 7. The molecule has 2 atom stereocenters. The van der Waals surface area contributed by atoms with Gasteiger partial charge in [-0.2, -0.15) is 0 Å². The highest BCUT2D eigenvalue weighted by molar-refractivity contribution is 5.16. The van der Waals surface area contributed by atoms with Crippen LogP contribution in [0.1, 0.15) is 51.7 Å². The van der Waals surface area contributed by atoms with E-state index >= 15 is 0 Å². The molecule has 0 saturated carbocycles. The predicted octanol–water partition coefficient (Wildman–Crippen LogP) is 4.96. The number of benzene rings is 2. The van der Waals surface area contributed by atoms with Crippen LogP contribution in [0.4, 0.5) is 0 Å². The van der Waals surface area contributed by atoms with Crippen LogP contribution in [0.3, 0.4) is 0 Å². The van der Waals surface area contributed by atoms with Crippen LogP contribution in [0.15, 0.2) is 60.7 Å². The minimum atomic E-state index is 0.194. The molecule has 0 aliphatic carbocycles. The normalized spacial score (nSPS) is 12.1. The van der Waals surface area contributed by atoms with Crippen LogP contribution in [0, 0.1) is 0 Å². The topological polar surface area (TPSA) is 52.0 Å². The molecule has 0 radical (unpaired) electrons. The molecule has 0 aromatic heterocycles. The number of hydrogen-bond acceptors (Lipinski definition) is 2. The van der Waals surface area contributed by atoms with Gasteiger partial charge in [0.25, 0.3) is 0 Å². The van der Waals surface area contributed by atoms with Crippen LogP contribution < -0.4 is 11.5 Å². The van der Waals surface area contributed by atoms with E-state index in [9.17, 15) is 0 Å². The fourth-order valence-electron chi connectivity index (χ4n) is 2.47. The van der Waals surface area contributed by atoms with E-state index in [2.05, 4.69) is 48.5 Å². The van der Waals surface area contributed by atoms with Crippen molar-refractivity contribution in [2.45, 2.75) is 65.5 Å². The summed E-state index contributed by atoms with van der Waals surface area (Å²) in [4.78, 5) is 0. The van der Waals surface area contributed by atoms with Crippen molar-refractivity contribution in [1.29, 1.82) is 0 Å². The van der Waals surface area contributed by atoms with Crippen LogP contribution in [-0.4, -0.2) is 12.1 Å². The van der Waals surface area contributed by atoms with Gasteiger partial charge >= 0.3 is 0 Å². The van der Waals surface area contributed by atoms with Crippen molar-refractivity contribution in [3.63, 3.8) is 0 Å². The van der Waals surface area contributed by atoms with E-state index in [0.29, 0.717) is 0 Å². The van der Waals surface area contributed by atoms with Gasteiger partial charge in [0, 0.05) is 12.1 Å². The predicted molar refractivity (Wildman–Crippen MR) is 108 cm³/mol. The van der Waals surface area contributed by atoms with Crippen LogP contribution in [-0.2, 0) is 12.8 Å². The Labute approximate surface area is 149 Å². The molecule has 0 fully saturated rings. The van der Waals surface area contributed by atoms with Crippen molar-refractivity contribution in [2.75, 3.05) is 0 Å². The molecular formula is C22H36N2. The lowest BCUT2D eigenvalue weighted by Crippen LogP contribution is -2.29. The van der Waals surface area contributed by atoms with Crippen molar-refractivity contribution in [1.82, 2.24) is 0 Å². The highest BCUT2D eigenvalue weighted by Crippen LogP contribution is 2.10. The number of hydrogen-bond donors (Lipinski definition) is 2. The van der Waals surface area contributed by atoms with Crippen molar-refractivity contribution in [3.05, 3.63) is 71.8 Å². The summed E-state index contributed by atoms with van der Waals surface area (Å²) in [6.45, 7) is 8.00. The molecule has 2 nitrogen and oxygen atoms in total. The zero-order chi connectivity index (χ0) is 18.2. The minimum Gasteiger partial charge on any atom is -0.327 e. The molecule has 24 heavy (non-hydrogen) atoms. The summed E-state index contributed by atoms with van der Waals surface area (Å²) in [7, 11) is 0. The zero-order valence-corrected chi connectivity index (χ0v) is 15.9. The van der Waals surface area contributed by atoms with Crippen molar-refractivity contribution in [3.8, 4) is 0 Å². The fourth-order valence-corrected chi connectivity index (χ4v) is 2.47. The van der Waals surface area contributed by atoms with Crippen LogP contribution in [0.5, 0.6) is 0 Å². The van der Waals surface area contributed by atoms with Crippen molar-refractivity contribution >= 4 is 0 Å². The summed E-state index contributed by atoms with van der Waals surface area (Å²) in [5.74, 6) is 0. The Hall–Kier alpha value is -1.64. The van der Waals surface area contributed by atoms with Crippen LogP contribution in [0.25, 0.3) is 0 Å². The average molecular weight is 329 g/mol. The Morgan fingerprint density at radius 1 is 0.583 bits per heavy atom. The summed E-state index contributed by atoms with van der Waals surface area (Å²) < 4.78 is 0. The molecule has 0 spiro atoms. The van der Waals surface area contributed by atoms with Gasteiger partial charge in [0.2, 0.25) is 0 Å². The summed E-state index contributed by atoms with van der Waals surface area (Å²) in [6, 6.07) is 21.2. The fraction of sp³-hybridized carbons (Fsp3) is 0.455. The summed E-state index contributed by atoms with van der Waals surface area (Å²) in [5.41, 5.74) is 15.0. The van der Waals surface area contributed by atoms with Gasteiger partial charge in [-0.1, -0.05) is 88.4 Å². The first-order valence-corrected chi connectivity index (χ1v) is 9.33. The van der Waals surface area contributed by atoms with E-state index in [1.807, 2.05) is 39.8 Å². The summed E-state index contributed by atoms with van der Waals surface area (Å²) in [5, 5.41) is 0. The standard InChI is InChI=1S/C18H24N2.2C2H6/c19-17(13-15-7-3-1-4-8-15)11-12-18(20)14-16-9-5-2-6-10-16;2*1-2/h1-10,17-18H,11-14,19-20H2;2*1-2H3. The van der Waals surface area contributed by atoms with E-state index < -0.39 is 0 Å². The van der Waals surface area contributed by atoms with Gasteiger partial charge in [-0.3, -0.25) is 0 Å². The molecular weight excluding hydrogens is 292 g/mol. The largest absolute Gasteiger partial charge is 0.327 e. The molecule has 0 aliphatic heterocycles. The molecule has 2 aromatic rings. The Balaban J connectivity index is 0.00000123. The van der Waals surface area contributed by atoms with Gasteiger partial charge < -0.3 is 11.5 Å². The number of nitrogens with two attached hydrogens (primary N) is 2. The Kier molecular flexibility index (Phi) is 13.9. The quantitative estimate of drug-likeness (QED) is 0.755. The Morgan fingerprint density at radius 3 is 1.17 bits per heavy atom. The lowest BCUT2D eigenvalue weighted by Gasteiger charge is -2.16. The van der Waals surface area contributed by atoms with Gasteiger partial charge in [0.05, 0.1) is 0 Å². The third kappa shape index (κ3) is 10.2. The summed E-state index contributed by atoms with van der Waals surface area (Å²) >= 11 is 0. The maximum Gasteiger partial charge on any atom is 0.00799 e. The van der Waals surface area contributed by atoms with Crippen molar-refractivity contribution < 1.29 is 0 Å². The van der Waals surface area contributed by atoms with E-state index in [1.165, 1.54) is 11.1 Å². The Bertz CT molecular complexity index is 434. The molecule has 0 saturated heterocycles. The monoisotopic (exact) mass is 328 g/mol.